The van der Waals surface area contributed by atoms with Crippen molar-refractivity contribution in [1.29, 1.82) is 0 Å². The maximum atomic E-state index is 10.8. The van der Waals surface area contributed by atoms with Gasteiger partial charge in [-0.25, -0.2) is 0 Å². The summed E-state index contributed by atoms with van der Waals surface area (Å²) in [6.45, 7) is 6.37. The number of hydrogen-bond acceptors (Lipinski definition) is 2. The Hall–Kier alpha value is -0.110. The smallest absolute Gasteiger partial charge is 0.149 e. The molecule has 1 aliphatic rings. The fourth-order valence-corrected chi connectivity index (χ4v) is 3.00. The minimum Gasteiger partial charge on any atom is -0.149 e. The van der Waals surface area contributed by atoms with Crippen LogP contribution >= 0.6 is 11.6 Å². The minimum atomic E-state index is -0.828. The van der Waals surface area contributed by atoms with Crippen LogP contribution in [0.3, 0.4) is 0 Å². The molecule has 3 heteroatoms. The molecule has 3 atom stereocenters. The summed E-state index contributed by atoms with van der Waals surface area (Å²) in [4.78, 5) is 9.93. The molecular formula is C10H18ClNO. The van der Waals surface area contributed by atoms with E-state index < -0.39 is 5.00 Å². The minimum absolute atomic E-state index is 0.253. The molecule has 2 nitrogen and oxygen atoms in total. The predicted molar refractivity (Wildman–Crippen MR) is 55.7 cm³/mol. The Morgan fingerprint density at radius 2 is 2.08 bits per heavy atom. The molecule has 0 saturated heterocycles. The molecule has 1 fully saturated rings. The van der Waals surface area contributed by atoms with Crippen LogP contribution in [0.15, 0.2) is 5.18 Å². The van der Waals surface area contributed by atoms with Crippen molar-refractivity contribution in [2.75, 3.05) is 0 Å². The van der Waals surface area contributed by atoms with Gasteiger partial charge < -0.3 is 0 Å². The molecule has 1 rings (SSSR count). The lowest BCUT2D eigenvalue weighted by Gasteiger charge is -2.38. The van der Waals surface area contributed by atoms with E-state index in [0.29, 0.717) is 11.8 Å². The van der Waals surface area contributed by atoms with E-state index in [9.17, 15) is 4.91 Å². The first-order valence-corrected chi connectivity index (χ1v) is 5.41. The average molecular weight is 204 g/mol. The van der Waals surface area contributed by atoms with E-state index in [1.807, 2.05) is 0 Å². The first-order valence-electron chi connectivity index (χ1n) is 5.03. The molecule has 0 radical (unpaired) electrons. The lowest BCUT2D eigenvalue weighted by atomic mass is 9.74. The van der Waals surface area contributed by atoms with Crippen LogP contribution in [0.5, 0.6) is 0 Å². The van der Waals surface area contributed by atoms with Crippen LogP contribution in [0.1, 0.15) is 40.0 Å². The summed E-state index contributed by atoms with van der Waals surface area (Å²) in [7, 11) is 0. The maximum Gasteiger partial charge on any atom is 0.178 e. The van der Waals surface area contributed by atoms with Gasteiger partial charge in [-0.05, 0) is 29.9 Å². The molecule has 0 aromatic heterocycles. The summed E-state index contributed by atoms with van der Waals surface area (Å²) in [5.41, 5.74) is 0. The van der Waals surface area contributed by atoms with Gasteiger partial charge in [-0.3, -0.25) is 0 Å². The second-order valence-electron chi connectivity index (χ2n) is 4.65. The molecule has 0 unspecified atom stereocenters. The summed E-state index contributed by atoms with van der Waals surface area (Å²) in [5.74, 6) is 1.23. The maximum absolute atomic E-state index is 10.8. The number of rotatable bonds is 2. The van der Waals surface area contributed by atoms with E-state index in [0.717, 1.165) is 12.8 Å². The van der Waals surface area contributed by atoms with Gasteiger partial charge >= 0.3 is 0 Å². The summed E-state index contributed by atoms with van der Waals surface area (Å²) in [5, 5.41) is 3.15. The zero-order valence-corrected chi connectivity index (χ0v) is 9.34. The van der Waals surface area contributed by atoms with E-state index in [-0.39, 0.29) is 5.92 Å². The van der Waals surface area contributed by atoms with Crippen molar-refractivity contribution in [2.24, 2.45) is 22.9 Å². The van der Waals surface area contributed by atoms with Crippen LogP contribution in [0.4, 0.5) is 0 Å². The van der Waals surface area contributed by atoms with Gasteiger partial charge in [0.05, 0.1) is 0 Å². The fraction of sp³-hybridized carbons (Fsp3) is 1.00. The molecule has 0 N–H and O–H groups in total. The van der Waals surface area contributed by atoms with Crippen molar-refractivity contribution < 1.29 is 0 Å². The molecule has 0 spiro atoms. The third kappa shape index (κ3) is 2.22. The summed E-state index contributed by atoms with van der Waals surface area (Å²) in [6, 6.07) is 0. The van der Waals surface area contributed by atoms with Gasteiger partial charge in [-0.15, -0.1) is 4.91 Å². The first kappa shape index (κ1) is 11.0. The normalized spacial score (nSPS) is 40.7. The molecule has 13 heavy (non-hydrogen) atoms. The molecule has 0 amide bonds. The lowest BCUT2D eigenvalue weighted by Crippen LogP contribution is -2.38. The van der Waals surface area contributed by atoms with Gasteiger partial charge in [-0.2, -0.15) is 0 Å². The van der Waals surface area contributed by atoms with Crippen molar-refractivity contribution >= 4 is 11.6 Å². The van der Waals surface area contributed by atoms with Crippen molar-refractivity contribution in [3.8, 4) is 0 Å². The van der Waals surface area contributed by atoms with Gasteiger partial charge in [0.2, 0.25) is 0 Å². The lowest BCUT2D eigenvalue weighted by molar-refractivity contribution is 0.172. The van der Waals surface area contributed by atoms with Crippen LogP contribution in [0.25, 0.3) is 0 Å². The molecule has 0 bridgehead atoms. The van der Waals surface area contributed by atoms with Crippen molar-refractivity contribution in [3.05, 3.63) is 4.91 Å². The number of nitrogens with zero attached hydrogens (tertiary/aromatic N) is 1. The average Bonchev–Trinajstić information content (AvgIpc) is 2.03. The highest BCUT2D eigenvalue weighted by atomic mass is 35.5. The first-order chi connectivity index (χ1) is 5.99. The highest BCUT2D eigenvalue weighted by molar-refractivity contribution is 6.24. The van der Waals surface area contributed by atoms with Gasteiger partial charge in [0.15, 0.2) is 5.00 Å². The van der Waals surface area contributed by atoms with Gasteiger partial charge in [0.25, 0.3) is 0 Å². The van der Waals surface area contributed by atoms with Crippen LogP contribution in [0, 0.1) is 22.7 Å². The molecule has 76 valence electrons. The van der Waals surface area contributed by atoms with Crippen LogP contribution in [-0.4, -0.2) is 5.00 Å². The van der Waals surface area contributed by atoms with E-state index in [1.165, 1.54) is 6.42 Å². The molecule has 0 aromatic carbocycles. The highest BCUT2D eigenvalue weighted by Gasteiger charge is 2.44. The molecular weight excluding hydrogens is 186 g/mol. The van der Waals surface area contributed by atoms with Crippen molar-refractivity contribution in [1.82, 2.24) is 0 Å². The van der Waals surface area contributed by atoms with E-state index in [4.69, 9.17) is 11.6 Å². The Kier molecular flexibility index (Phi) is 3.33. The monoisotopic (exact) mass is 203 g/mol. The molecule has 0 aromatic rings. The molecule has 0 heterocycles. The second kappa shape index (κ2) is 3.95. The van der Waals surface area contributed by atoms with Crippen LogP contribution in [-0.2, 0) is 0 Å². The standard InChI is InChI=1S/C10H18ClNO/c1-7(2)9-5-4-8(3)6-10(9,11)12-13/h7-9H,4-6H2,1-3H3/t8-,9+,10-/m1/s1. The molecule has 1 saturated carbocycles. The molecule has 0 aliphatic heterocycles. The predicted octanol–water partition coefficient (Wildman–Crippen LogP) is 3.78. The Morgan fingerprint density at radius 1 is 1.46 bits per heavy atom. The van der Waals surface area contributed by atoms with Gasteiger partial charge in [0, 0.05) is 5.92 Å². The SMILES string of the molecule is CC(C)[C@@H]1CC[C@@H](C)C[C@@]1(Cl)N=O. The van der Waals surface area contributed by atoms with Crippen molar-refractivity contribution in [2.45, 2.75) is 45.0 Å². The zero-order chi connectivity index (χ0) is 10.1. The fourth-order valence-electron chi connectivity index (χ4n) is 2.38. The third-order valence-corrected chi connectivity index (χ3v) is 3.63. The van der Waals surface area contributed by atoms with Crippen molar-refractivity contribution in [3.63, 3.8) is 0 Å². The summed E-state index contributed by atoms with van der Waals surface area (Å²) in [6.07, 6.45) is 2.95. The third-order valence-electron chi connectivity index (χ3n) is 3.13. The van der Waals surface area contributed by atoms with Crippen LogP contribution < -0.4 is 0 Å². The Bertz CT molecular complexity index is 195. The van der Waals surface area contributed by atoms with E-state index >= 15 is 0 Å². The number of hydrogen-bond donors (Lipinski definition) is 0. The number of halogens is 1. The Balaban J connectivity index is 2.78. The topological polar surface area (TPSA) is 29.4 Å². The van der Waals surface area contributed by atoms with E-state index in [1.54, 1.807) is 0 Å². The quantitative estimate of drug-likeness (QED) is 0.382. The summed E-state index contributed by atoms with van der Waals surface area (Å²) < 4.78 is 0. The van der Waals surface area contributed by atoms with Gasteiger partial charge in [-0.1, -0.05) is 38.8 Å². The number of alkyl halides is 1. The highest BCUT2D eigenvalue weighted by Crippen LogP contribution is 2.45. The Morgan fingerprint density at radius 3 is 2.54 bits per heavy atom. The largest absolute Gasteiger partial charge is 0.178 e. The van der Waals surface area contributed by atoms with E-state index in [2.05, 4.69) is 25.9 Å². The summed E-state index contributed by atoms with van der Waals surface area (Å²) >= 11 is 6.24. The Labute approximate surface area is 85.0 Å². The second-order valence-corrected chi connectivity index (χ2v) is 5.30. The number of nitroso groups, excluding NO2 is 1. The van der Waals surface area contributed by atoms with Crippen LogP contribution in [0.2, 0.25) is 0 Å². The molecule has 1 aliphatic carbocycles. The zero-order valence-electron chi connectivity index (χ0n) is 8.59. The van der Waals surface area contributed by atoms with Gasteiger partial charge in [0.1, 0.15) is 0 Å².